The number of benzene rings is 2. The van der Waals surface area contributed by atoms with Crippen LogP contribution in [0.4, 0.5) is 17.2 Å². The summed E-state index contributed by atoms with van der Waals surface area (Å²) in [5, 5.41) is 11.0. The molecule has 0 aliphatic heterocycles. The van der Waals surface area contributed by atoms with Gasteiger partial charge in [-0.25, -0.2) is 18.5 Å². The zero-order valence-electron chi connectivity index (χ0n) is 13.6. The monoisotopic (exact) mass is 368 g/mol. The van der Waals surface area contributed by atoms with Gasteiger partial charge in [0, 0.05) is 11.9 Å². The molecule has 0 saturated carbocycles. The Balaban J connectivity index is 1.90. The number of amides is 1. The SMILES string of the molecule is NS(=O)(=O)c1ccccc1C(=O)Nc1cccnc1Nc1ccccc1. The van der Waals surface area contributed by atoms with E-state index in [0.29, 0.717) is 11.5 Å². The van der Waals surface area contributed by atoms with Crippen LogP contribution in [-0.2, 0) is 10.0 Å². The van der Waals surface area contributed by atoms with Gasteiger partial charge in [0.15, 0.2) is 5.82 Å². The number of carbonyl (C=O) groups is 1. The molecule has 0 unspecified atom stereocenters. The highest BCUT2D eigenvalue weighted by molar-refractivity contribution is 7.89. The first kappa shape index (κ1) is 17.6. The predicted octanol–water partition coefficient (Wildman–Crippen LogP) is 2.72. The van der Waals surface area contributed by atoms with E-state index in [-0.39, 0.29) is 10.5 Å². The van der Waals surface area contributed by atoms with Crippen LogP contribution in [0.15, 0.2) is 77.8 Å². The Morgan fingerprint density at radius 3 is 2.35 bits per heavy atom. The second kappa shape index (κ2) is 7.34. The summed E-state index contributed by atoms with van der Waals surface area (Å²) in [6, 6.07) is 18.4. The number of hydrogen-bond donors (Lipinski definition) is 3. The highest BCUT2D eigenvalue weighted by Gasteiger charge is 2.19. The Labute approximate surface area is 150 Å². The summed E-state index contributed by atoms with van der Waals surface area (Å²) < 4.78 is 23.4. The van der Waals surface area contributed by atoms with Crippen LogP contribution in [-0.4, -0.2) is 19.3 Å². The van der Waals surface area contributed by atoms with Crippen molar-refractivity contribution < 1.29 is 13.2 Å². The number of nitrogens with one attached hydrogen (secondary N) is 2. The summed E-state index contributed by atoms with van der Waals surface area (Å²) in [5.41, 5.74) is 1.17. The molecule has 3 aromatic rings. The number of primary sulfonamides is 1. The molecule has 0 saturated heterocycles. The number of anilines is 3. The molecule has 8 heteroatoms. The molecule has 0 aliphatic carbocycles. The summed E-state index contributed by atoms with van der Waals surface area (Å²) >= 11 is 0. The van der Waals surface area contributed by atoms with Crippen molar-refractivity contribution in [2.24, 2.45) is 5.14 Å². The molecule has 7 nitrogen and oxygen atoms in total. The molecule has 0 atom stereocenters. The molecule has 132 valence electrons. The second-order valence-corrected chi connectivity index (χ2v) is 6.92. The van der Waals surface area contributed by atoms with Crippen LogP contribution in [0.2, 0.25) is 0 Å². The molecule has 26 heavy (non-hydrogen) atoms. The normalized spacial score (nSPS) is 11.0. The van der Waals surface area contributed by atoms with E-state index in [4.69, 9.17) is 5.14 Å². The number of pyridine rings is 1. The van der Waals surface area contributed by atoms with Crippen LogP contribution < -0.4 is 15.8 Å². The van der Waals surface area contributed by atoms with E-state index >= 15 is 0 Å². The minimum Gasteiger partial charge on any atom is -0.339 e. The van der Waals surface area contributed by atoms with Crippen molar-refractivity contribution in [1.82, 2.24) is 4.98 Å². The summed E-state index contributed by atoms with van der Waals surface area (Å²) in [4.78, 5) is 16.6. The third-order valence-corrected chi connectivity index (χ3v) is 4.50. The number of para-hydroxylation sites is 1. The van der Waals surface area contributed by atoms with Crippen molar-refractivity contribution >= 4 is 33.1 Å². The quantitative estimate of drug-likeness (QED) is 0.641. The molecule has 0 bridgehead atoms. The van der Waals surface area contributed by atoms with Crippen LogP contribution >= 0.6 is 0 Å². The van der Waals surface area contributed by atoms with Gasteiger partial charge < -0.3 is 10.6 Å². The maximum absolute atomic E-state index is 12.6. The highest BCUT2D eigenvalue weighted by atomic mass is 32.2. The fraction of sp³-hybridized carbons (Fsp3) is 0. The van der Waals surface area contributed by atoms with E-state index < -0.39 is 15.9 Å². The first-order chi connectivity index (χ1) is 12.4. The fourth-order valence-corrected chi connectivity index (χ4v) is 3.09. The minimum atomic E-state index is -4.02. The number of rotatable bonds is 5. The molecule has 4 N–H and O–H groups in total. The van der Waals surface area contributed by atoms with Crippen molar-refractivity contribution in [1.29, 1.82) is 0 Å². The van der Waals surface area contributed by atoms with Gasteiger partial charge >= 0.3 is 0 Å². The summed E-state index contributed by atoms with van der Waals surface area (Å²) in [6.45, 7) is 0. The smallest absolute Gasteiger partial charge is 0.257 e. The van der Waals surface area contributed by atoms with E-state index in [2.05, 4.69) is 15.6 Å². The zero-order chi connectivity index (χ0) is 18.6. The van der Waals surface area contributed by atoms with Gasteiger partial charge in [0.2, 0.25) is 10.0 Å². The van der Waals surface area contributed by atoms with E-state index in [1.165, 1.54) is 18.2 Å². The predicted molar refractivity (Wildman–Crippen MR) is 99.7 cm³/mol. The Hall–Kier alpha value is -3.23. The topological polar surface area (TPSA) is 114 Å². The van der Waals surface area contributed by atoms with Gasteiger partial charge in [0.1, 0.15) is 0 Å². The lowest BCUT2D eigenvalue weighted by molar-refractivity contribution is 0.102. The van der Waals surface area contributed by atoms with E-state index in [0.717, 1.165) is 5.69 Å². The number of nitrogens with two attached hydrogens (primary N) is 1. The van der Waals surface area contributed by atoms with Crippen molar-refractivity contribution in [3.05, 3.63) is 78.5 Å². The molecule has 0 fully saturated rings. The van der Waals surface area contributed by atoms with Crippen LogP contribution in [0.3, 0.4) is 0 Å². The standard InChI is InChI=1S/C18H16N4O3S/c19-26(24,25)16-11-5-4-9-14(16)18(23)22-15-10-6-12-20-17(15)21-13-7-2-1-3-8-13/h1-12H,(H,20,21)(H,22,23)(H2,19,24,25). The highest BCUT2D eigenvalue weighted by Crippen LogP contribution is 2.24. The third kappa shape index (κ3) is 4.05. The van der Waals surface area contributed by atoms with E-state index in [9.17, 15) is 13.2 Å². The maximum atomic E-state index is 12.6. The Morgan fingerprint density at radius 1 is 0.923 bits per heavy atom. The molecule has 1 aromatic heterocycles. The third-order valence-electron chi connectivity index (χ3n) is 3.53. The molecular weight excluding hydrogens is 352 g/mol. The number of carbonyl (C=O) groups excluding carboxylic acids is 1. The number of nitrogens with zero attached hydrogens (tertiary/aromatic N) is 1. The first-order valence-corrected chi connectivity index (χ1v) is 9.20. The largest absolute Gasteiger partial charge is 0.339 e. The molecule has 3 rings (SSSR count). The first-order valence-electron chi connectivity index (χ1n) is 7.65. The summed E-state index contributed by atoms with van der Waals surface area (Å²) in [6.07, 6.45) is 1.58. The Bertz CT molecular complexity index is 1040. The second-order valence-electron chi connectivity index (χ2n) is 5.39. The molecule has 1 amide bonds. The Morgan fingerprint density at radius 2 is 1.62 bits per heavy atom. The van der Waals surface area contributed by atoms with Crippen LogP contribution in [0.5, 0.6) is 0 Å². The average Bonchev–Trinajstić information content (AvgIpc) is 2.63. The lowest BCUT2D eigenvalue weighted by Gasteiger charge is -2.13. The average molecular weight is 368 g/mol. The van der Waals surface area contributed by atoms with Crippen LogP contribution in [0.25, 0.3) is 0 Å². The molecule has 0 aliphatic rings. The van der Waals surface area contributed by atoms with Crippen molar-refractivity contribution in [2.75, 3.05) is 10.6 Å². The van der Waals surface area contributed by atoms with Gasteiger partial charge in [-0.05, 0) is 36.4 Å². The van der Waals surface area contributed by atoms with Gasteiger partial charge in [0.05, 0.1) is 16.1 Å². The molecule has 0 radical (unpaired) electrons. The van der Waals surface area contributed by atoms with Gasteiger partial charge in [0.25, 0.3) is 5.91 Å². The molecular formula is C18H16N4O3S. The fourth-order valence-electron chi connectivity index (χ4n) is 2.36. The van der Waals surface area contributed by atoms with Crippen molar-refractivity contribution in [3.63, 3.8) is 0 Å². The summed E-state index contributed by atoms with van der Waals surface area (Å²) in [5.74, 6) is -0.168. The van der Waals surface area contributed by atoms with Gasteiger partial charge in [-0.15, -0.1) is 0 Å². The Kier molecular flexibility index (Phi) is 4.97. The maximum Gasteiger partial charge on any atom is 0.257 e. The molecule has 1 heterocycles. The van der Waals surface area contributed by atoms with Crippen molar-refractivity contribution in [2.45, 2.75) is 4.90 Å². The van der Waals surface area contributed by atoms with Crippen molar-refractivity contribution in [3.8, 4) is 0 Å². The van der Waals surface area contributed by atoms with Gasteiger partial charge in [-0.3, -0.25) is 4.79 Å². The van der Waals surface area contributed by atoms with Gasteiger partial charge in [-0.1, -0.05) is 30.3 Å². The van der Waals surface area contributed by atoms with E-state index in [1.54, 1.807) is 24.4 Å². The van der Waals surface area contributed by atoms with Crippen LogP contribution in [0.1, 0.15) is 10.4 Å². The molecule has 2 aromatic carbocycles. The number of aromatic nitrogens is 1. The van der Waals surface area contributed by atoms with Gasteiger partial charge in [-0.2, -0.15) is 0 Å². The lowest BCUT2D eigenvalue weighted by atomic mass is 10.2. The van der Waals surface area contributed by atoms with E-state index in [1.807, 2.05) is 30.3 Å². The van der Waals surface area contributed by atoms with Crippen LogP contribution in [0, 0.1) is 0 Å². The summed E-state index contributed by atoms with van der Waals surface area (Å²) in [7, 11) is -4.02. The number of hydrogen-bond acceptors (Lipinski definition) is 5. The lowest BCUT2D eigenvalue weighted by Crippen LogP contribution is -2.20. The number of sulfonamides is 1. The zero-order valence-corrected chi connectivity index (χ0v) is 14.4. The molecule has 0 spiro atoms. The minimum absolute atomic E-state index is 0.0375.